The molecule has 8 heteroatoms. The number of alkyl halides is 3. The Bertz CT molecular complexity index is 682. The van der Waals surface area contributed by atoms with Crippen LogP contribution in [0.15, 0.2) is 36.5 Å². The van der Waals surface area contributed by atoms with Crippen molar-refractivity contribution in [3.63, 3.8) is 0 Å². The summed E-state index contributed by atoms with van der Waals surface area (Å²) in [5.74, 6) is 0. The van der Waals surface area contributed by atoms with Crippen molar-refractivity contribution in [2.24, 2.45) is 7.05 Å². The largest absolute Gasteiger partial charge is 0.408 e. The highest BCUT2D eigenvalue weighted by Gasteiger charge is 2.40. The first-order chi connectivity index (χ1) is 11.3. The van der Waals surface area contributed by atoms with Gasteiger partial charge in [0.1, 0.15) is 6.04 Å². The highest BCUT2D eigenvalue weighted by molar-refractivity contribution is 5.74. The van der Waals surface area contributed by atoms with Crippen molar-refractivity contribution in [2.45, 2.75) is 32.1 Å². The number of hydrogen-bond acceptors (Lipinski definition) is 2. The lowest BCUT2D eigenvalue weighted by Gasteiger charge is -2.22. The maximum absolute atomic E-state index is 13.1. The molecule has 130 valence electrons. The molecule has 0 aliphatic heterocycles. The van der Waals surface area contributed by atoms with Gasteiger partial charge in [-0.2, -0.15) is 18.3 Å². The number of carbonyl (C=O) groups excluding carboxylic acids is 1. The molecule has 2 rings (SSSR count). The van der Waals surface area contributed by atoms with E-state index in [1.807, 2.05) is 12.2 Å². The molecule has 0 spiro atoms. The summed E-state index contributed by atoms with van der Waals surface area (Å²) in [6, 6.07) is 5.42. The SMILES string of the molecule is Cc1c(CNC(=O)N[C@@H](Cc2ccccc2)C(F)(F)F)cnn1C. The lowest BCUT2D eigenvalue weighted by molar-refractivity contribution is -0.152. The van der Waals surface area contributed by atoms with E-state index < -0.39 is 18.2 Å². The van der Waals surface area contributed by atoms with Gasteiger partial charge in [-0.3, -0.25) is 4.68 Å². The topological polar surface area (TPSA) is 59.0 Å². The van der Waals surface area contributed by atoms with Crippen molar-refractivity contribution in [3.05, 3.63) is 53.3 Å². The highest BCUT2D eigenvalue weighted by atomic mass is 19.4. The summed E-state index contributed by atoms with van der Waals surface area (Å²) in [4.78, 5) is 11.8. The third-order valence-corrected chi connectivity index (χ3v) is 3.76. The second-order valence-corrected chi connectivity index (χ2v) is 5.49. The molecule has 2 N–H and O–H groups in total. The number of urea groups is 1. The summed E-state index contributed by atoms with van der Waals surface area (Å²) in [7, 11) is 1.75. The smallest absolute Gasteiger partial charge is 0.334 e. The molecule has 1 aromatic heterocycles. The van der Waals surface area contributed by atoms with Crippen LogP contribution in [-0.4, -0.2) is 28.0 Å². The lowest BCUT2D eigenvalue weighted by atomic mass is 10.1. The number of hydrogen-bond donors (Lipinski definition) is 2. The highest BCUT2D eigenvalue weighted by Crippen LogP contribution is 2.23. The quantitative estimate of drug-likeness (QED) is 0.879. The van der Waals surface area contributed by atoms with Crippen LogP contribution in [0.2, 0.25) is 0 Å². The van der Waals surface area contributed by atoms with Gasteiger partial charge in [0.25, 0.3) is 0 Å². The Hall–Kier alpha value is -2.51. The summed E-state index contributed by atoms with van der Waals surface area (Å²) in [5, 5.41) is 8.45. The van der Waals surface area contributed by atoms with Gasteiger partial charge in [0.15, 0.2) is 0 Å². The number of amides is 2. The molecule has 0 saturated heterocycles. The molecule has 1 heterocycles. The summed E-state index contributed by atoms with van der Waals surface area (Å²) in [6.45, 7) is 1.93. The van der Waals surface area contributed by atoms with Gasteiger partial charge in [0.2, 0.25) is 0 Å². The zero-order valence-corrected chi connectivity index (χ0v) is 13.4. The number of aryl methyl sites for hydroxylation is 1. The van der Waals surface area contributed by atoms with E-state index in [2.05, 4.69) is 10.4 Å². The molecule has 0 radical (unpaired) electrons. The molecule has 0 unspecified atom stereocenters. The van der Waals surface area contributed by atoms with Crippen molar-refractivity contribution in [1.29, 1.82) is 0 Å². The fraction of sp³-hybridized carbons (Fsp3) is 0.375. The molecular formula is C16H19F3N4O. The Morgan fingerprint density at radius 3 is 2.50 bits per heavy atom. The fourth-order valence-electron chi connectivity index (χ4n) is 2.20. The van der Waals surface area contributed by atoms with Crippen LogP contribution in [0, 0.1) is 6.92 Å². The number of benzene rings is 1. The minimum absolute atomic E-state index is 0.113. The van der Waals surface area contributed by atoms with Crippen LogP contribution in [-0.2, 0) is 20.0 Å². The summed E-state index contributed by atoms with van der Waals surface area (Å²) in [6.07, 6.45) is -3.28. The second-order valence-electron chi connectivity index (χ2n) is 5.49. The Morgan fingerprint density at radius 2 is 1.96 bits per heavy atom. The molecule has 0 bridgehead atoms. The van der Waals surface area contributed by atoms with Gasteiger partial charge in [-0.15, -0.1) is 0 Å². The molecule has 0 saturated carbocycles. The molecule has 2 amide bonds. The van der Waals surface area contributed by atoms with Crippen LogP contribution in [0.25, 0.3) is 0 Å². The average molecular weight is 340 g/mol. The van der Waals surface area contributed by atoms with Gasteiger partial charge in [0.05, 0.1) is 6.20 Å². The van der Waals surface area contributed by atoms with E-state index in [9.17, 15) is 18.0 Å². The minimum Gasteiger partial charge on any atom is -0.334 e. The average Bonchev–Trinajstić information content (AvgIpc) is 2.84. The van der Waals surface area contributed by atoms with Gasteiger partial charge < -0.3 is 10.6 Å². The first-order valence-corrected chi connectivity index (χ1v) is 7.40. The molecule has 0 fully saturated rings. The van der Waals surface area contributed by atoms with E-state index in [1.54, 1.807) is 48.3 Å². The molecule has 0 aliphatic rings. The fourth-order valence-corrected chi connectivity index (χ4v) is 2.20. The normalized spacial score (nSPS) is 12.7. The van der Waals surface area contributed by atoms with Crippen molar-refractivity contribution >= 4 is 6.03 Å². The molecule has 1 atom stereocenters. The zero-order chi connectivity index (χ0) is 17.7. The van der Waals surface area contributed by atoms with Crippen molar-refractivity contribution in [1.82, 2.24) is 20.4 Å². The maximum Gasteiger partial charge on any atom is 0.408 e. The van der Waals surface area contributed by atoms with Crippen LogP contribution >= 0.6 is 0 Å². The predicted octanol–water partition coefficient (Wildman–Crippen LogP) is 2.70. The monoisotopic (exact) mass is 340 g/mol. The van der Waals surface area contributed by atoms with Gasteiger partial charge in [-0.1, -0.05) is 30.3 Å². The van der Waals surface area contributed by atoms with Gasteiger partial charge in [-0.05, 0) is 12.5 Å². The summed E-state index contributed by atoms with van der Waals surface area (Å²) >= 11 is 0. The molecular weight excluding hydrogens is 321 g/mol. The third kappa shape index (κ3) is 4.74. The Morgan fingerprint density at radius 1 is 1.29 bits per heavy atom. The summed E-state index contributed by atoms with van der Waals surface area (Å²) < 4.78 is 41.1. The molecule has 2 aromatic rings. The first-order valence-electron chi connectivity index (χ1n) is 7.40. The Kier molecular flexibility index (Phi) is 5.48. The van der Waals surface area contributed by atoms with E-state index in [1.165, 1.54) is 0 Å². The van der Waals surface area contributed by atoms with Crippen molar-refractivity contribution in [3.8, 4) is 0 Å². The Balaban J connectivity index is 1.96. The Labute approximate surface area is 137 Å². The van der Waals surface area contributed by atoms with E-state index in [0.717, 1.165) is 11.3 Å². The number of carbonyl (C=O) groups is 1. The van der Waals surface area contributed by atoms with E-state index in [0.29, 0.717) is 5.56 Å². The first kappa shape index (κ1) is 17.8. The van der Waals surface area contributed by atoms with Crippen LogP contribution < -0.4 is 10.6 Å². The predicted molar refractivity (Wildman–Crippen MR) is 83.3 cm³/mol. The van der Waals surface area contributed by atoms with Crippen molar-refractivity contribution in [2.75, 3.05) is 0 Å². The number of nitrogens with one attached hydrogen (secondary N) is 2. The molecule has 5 nitrogen and oxygen atoms in total. The van der Waals surface area contributed by atoms with Crippen LogP contribution in [0.4, 0.5) is 18.0 Å². The number of nitrogens with zero attached hydrogens (tertiary/aromatic N) is 2. The number of halogens is 3. The number of rotatable bonds is 5. The van der Waals surface area contributed by atoms with E-state index in [-0.39, 0.29) is 13.0 Å². The number of aromatic nitrogens is 2. The molecule has 1 aromatic carbocycles. The molecule has 0 aliphatic carbocycles. The third-order valence-electron chi connectivity index (χ3n) is 3.76. The van der Waals surface area contributed by atoms with Gasteiger partial charge >= 0.3 is 12.2 Å². The zero-order valence-electron chi connectivity index (χ0n) is 13.4. The maximum atomic E-state index is 13.1. The lowest BCUT2D eigenvalue weighted by Crippen LogP contribution is -2.50. The minimum atomic E-state index is -4.53. The van der Waals surface area contributed by atoms with Crippen LogP contribution in [0.1, 0.15) is 16.8 Å². The van der Waals surface area contributed by atoms with Crippen LogP contribution in [0.3, 0.4) is 0 Å². The summed E-state index contributed by atoms with van der Waals surface area (Å²) in [5.41, 5.74) is 2.09. The molecule has 24 heavy (non-hydrogen) atoms. The standard InChI is InChI=1S/C16H19F3N4O/c1-11-13(10-21-23(11)2)9-20-15(24)22-14(16(17,18)19)8-12-6-4-3-5-7-12/h3-7,10,14H,8-9H2,1-2H3,(H2,20,22,24)/t14-/m0/s1. The van der Waals surface area contributed by atoms with Crippen molar-refractivity contribution < 1.29 is 18.0 Å². The van der Waals surface area contributed by atoms with Gasteiger partial charge in [-0.25, -0.2) is 4.79 Å². The van der Waals surface area contributed by atoms with E-state index in [4.69, 9.17) is 0 Å². The van der Waals surface area contributed by atoms with Crippen LogP contribution in [0.5, 0.6) is 0 Å². The second kappa shape index (κ2) is 7.37. The van der Waals surface area contributed by atoms with Gasteiger partial charge in [0, 0.05) is 31.3 Å². The van der Waals surface area contributed by atoms with E-state index >= 15 is 0 Å².